The lowest BCUT2D eigenvalue weighted by Gasteiger charge is -2.05. The monoisotopic (exact) mass is 224 g/mol. The van der Waals surface area contributed by atoms with Crippen LogP contribution >= 0.6 is 0 Å². The van der Waals surface area contributed by atoms with Crippen molar-refractivity contribution in [3.05, 3.63) is 29.8 Å². The molecule has 0 atom stereocenters. The maximum absolute atomic E-state index is 10.8. The zero-order chi connectivity index (χ0) is 12.0. The van der Waals surface area contributed by atoms with Gasteiger partial charge in [-0.3, -0.25) is 4.79 Å². The molecule has 0 aliphatic rings. The molecule has 0 aliphatic heterocycles. The van der Waals surface area contributed by atoms with Gasteiger partial charge in [-0.2, -0.15) is 0 Å². The molecular formula is C11H12O5. The van der Waals surface area contributed by atoms with E-state index in [1.54, 1.807) is 12.1 Å². The van der Waals surface area contributed by atoms with Crippen LogP contribution in [-0.2, 0) is 9.53 Å². The predicted molar refractivity (Wildman–Crippen MR) is 55.5 cm³/mol. The maximum atomic E-state index is 10.8. The molecule has 86 valence electrons. The number of hydrogen-bond donors (Lipinski definition) is 1. The van der Waals surface area contributed by atoms with Gasteiger partial charge in [-0.25, -0.2) is 4.79 Å². The van der Waals surface area contributed by atoms with Crippen molar-refractivity contribution in [3.63, 3.8) is 0 Å². The van der Waals surface area contributed by atoms with Crippen LogP contribution in [0.3, 0.4) is 0 Å². The molecule has 0 aromatic heterocycles. The Balaban J connectivity index is 2.51. The first-order valence-electron chi connectivity index (χ1n) is 4.66. The van der Waals surface area contributed by atoms with Crippen molar-refractivity contribution in [1.29, 1.82) is 0 Å². The van der Waals surface area contributed by atoms with E-state index in [2.05, 4.69) is 4.74 Å². The molecule has 5 nitrogen and oxygen atoms in total. The van der Waals surface area contributed by atoms with Gasteiger partial charge in [0.25, 0.3) is 0 Å². The standard InChI is InChI=1S/C11H12O5/c1-15-10(12)5-6-16-9-4-2-3-8(7-9)11(13)14/h2-4,7H,5-6H2,1H3,(H,13,14). The minimum absolute atomic E-state index is 0.133. The van der Waals surface area contributed by atoms with E-state index in [4.69, 9.17) is 9.84 Å². The van der Waals surface area contributed by atoms with E-state index >= 15 is 0 Å². The van der Waals surface area contributed by atoms with Crippen LogP contribution < -0.4 is 4.74 Å². The molecule has 0 fully saturated rings. The molecule has 0 spiro atoms. The number of carboxylic acids is 1. The SMILES string of the molecule is COC(=O)CCOc1cccc(C(=O)O)c1. The number of benzene rings is 1. The highest BCUT2D eigenvalue weighted by molar-refractivity contribution is 5.88. The van der Waals surface area contributed by atoms with Gasteiger partial charge >= 0.3 is 11.9 Å². The summed E-state index contributed by atoms with van der Waals surface area (Å²) in [4.78, 5) is 21.4. The third-order valence-electron chi connectivity index (χ3n) is 1.88. The number of methoxy groups -OCH3 is 1. The Morgan fingerprint density at radius 2 is 2.12 bits per heavy atom. The van der Waals surface area contributed by atoms with Gasteiger partial charge in [0.2, 0.25) is 0 Å². The highest BCUT2D eigenvalue weighted by Crippen LogP contribution is 2.13. The Labute approximate surface area is 92.6 Å². The molecule has 0 radical (unpaired) electrons. The summed E-state index contributed by atoms with van der Waals surface area (Å²) in [6, 6.07) is 6.08. The van der Waals surface area contributed by atoms with Gasteiger partial charge < -0.3 is 14.6 Å². The maximum Gasteiger partial charge on any atom is 0.335 e. The smallest absolute Gasteiger partial charge is 0.335 e. The molecule has 1 aromatic carbocycles. The van der Waals surface area contributed by atoms with Crippen LogP contribution in [-0.4, -0.2) is 30.8 Å². The molecule has 1 rings (SSSR count). The molecule has 0 saturated carbocycles. The summed E-state index contributed by atoms with van der Waals surface area (Å²) in [5, 5.41) is 8.73. The Bertz CT molecular complexity index is 386. The van der Waals surface area contributed by atoms with Crippen molar-refractivity contribution in [2.75, 3.05) is 13.7 Å². The van der Waals surface area contributed by atoms with Crippen molar-refractivity contribution >= 4 is 11.9 Å². The summed E-state index contributed by atoms with van der Waals surface area (Å²) in [7, 11) is 1.30. The van der Waals surface area contributed by atoms with Crippen LogP contribution in [0.25, 0.3) is 0 Å². The first-order valence-corrected chi connectivity index (χ1v) is 4.66. The van der Waals surface area contributed by atoms with Gasteiger partial charge in [0.05, 0.1) is 25.7 Å². The molecule has 1 aromatic rings. The van der Waals surface area contributed by atoms with E-state index < -0.39 is 5.97 Å². The summed E-state index contributed by atoms with van der Waals surface area (Å²) in [5.41, 5.74) is 0.149. The van der Waals surface area contributed by atoms with E-state index in [1.165, 1.54) is 19.2 Å². The number of carbonyl (C=O) groups is 2. The normalized spacial score (nSPS) is 9.56. The fourth-order valence-electron chi connectivity index (χ4n) is 1.07. The summed E-state index contributed by atoms with van der Waals surface area (Å²) in [6.07, 6.45) is 0.133. The third kappa shape index (κ3) is 3.61. The Morgan fingerprint density at radius 1 is 1.38 bits per heavy atom. The molecule has 16 heavy (non-hydrogen) atoms. The molecule has 5 heteroatoms. The number of carbonyl (C=O) groups excluding carboxylic acids is 1. The summed E-state index contributed by atoms with van der Waals surface area (Å²) in [6.45, 7) is 0.162. The van der Waals surface area contributed by atoms with Gasteiger partial charge in [0.15, 0.2) is 0 Å². The molecule has 0 saturated heterocycles. The van der Waals surface area contributed by atoms with E-state index in [0.717, 1.165) is 0 Å². The second-order valence-electron chi connectivity index (χ2n) is 3.01. The second-order valence-corrected chi connectivity index (χ2v) is 3.01. The van der Waals surface area contributed by atoms with Crippen molar-refractivity contribution in [2.24, 2.45) is 0 Å². The minimum Gasteiger partial charge on any atom is -0.493 e. The predicted octanol–water partition coefficient (Wildman–Crippen LogP) is 1.33. The van der Waals surface area contributed by atoms with Crippen molar-refractivity contribution in [2.45, 2.75) is 6.42 Å². The van der Waals surface area contributed by atoms with Crippen LogP contribution in [0, 0.1) is 0 Å². The average molecular weight is 224 g/mol. The zero-order valence-electron chi connectivity index (χ0n) is 8.80. The van der Waals surface area contributed by atoms with Gasteiger partial charge in [-0.15, -0.1) is 0 Å². The number of rotatable bonds is 5. The second kappa shape index (κ2) is 5.75. The van der Waals surface area contributed by atoms with Gasteiger partial charge in [0, 0.05) is 0 Å². The number of hydrogen-bond acceptors (Lipinski definition) is 4. The third-order valence-corrected chi connectivity index (χ3v) is 1.88. The van der Waals surface area contributed by atoms with E-state index in [0.29, 0.717) is 5.75 Å². The van der Waals surface area contributed by atoms with Crippen molar-refractivity contribution < 1.29 is 24.2 Å². The van der Waals surface area contributed by atoms with Crippen LogP contribution in [0.2, 0.25) is 0 Å². The van der Waals surface area contributed by atoms with Crippen molar-refractivity contribution in [1.82, 2.24) is 0 Å². The number of esters is 1. The Kier molecular flexibility index (Phi) is 4.32. The summed E-state index contributed by atoms with van der Waals surface area (Å²) < 4.78 is 9.64. The van der Waals surface area contributed by atoms with Crippen LogP contribution in [0.5, 0.6) is 5.75 Å². The van der Waals surface area contributed by atoms with Gasteiger partial charge in [0.1, 0.15) is 5.75 Å². The molecular weight excluding hydrogens is 212 g/mol. The summed E-state index contributed by atoms with van der Waals surface area (Å²) in [5.74, 6) is -0.961. The lowest BCUT2D eigenvalue weighted by Crippen LogP contribution is -2.07. The number of carboxylic acid groups (broad SMARTS) is 1. The molecule has 0 bridgehead atoms. The topological polar surface area (TPSA) is 72.8 Å². The minimum atomic E-state index is -1.02. The van der Waals surface area contributed by atoms with E-state index in [-0.39, 0.29) is 24.6 Å². The highest BCUT2D eigenvalue weighted by Gasteiger charge is 2.05. The Morgan fingerprint density at radius 3 is 2.75 bits per heavy atom. The first kappa shape index (κ1) is 12.0. The fourth-order valence-corrected chi connectivity index (χ4v) is 1.07. The van der Waals surface area contributed by atoms with Crippen LogP contribution in [0.15, 0.2) is 24.3 Å². The Hall–Kier alpha value is -2.04. The molecule has 0 heterocycles. The fraction of sp³-hybridized carbons (Fsp3) is 0.273. The lowest BCUT2D eigenvalue weighted by atomic mass is 10.2. The van der Waals surface area contributed by atoms with Crippen LogP contribution in [0.4, 0.5) is 0 Å². The quantitative estimate of drug-likeness (QED) is 0.764. The van der Waals surface area contributed by atoms with Crippen molar-refractivity contribution in [3.8, 4) is 5.75 Å². The summed E-state index contributed by atoms with van der Waals surface area (Å²) >= 11 is 0. The molecule has 1 N–H and O–H groups in total. The first-order chi connectivity index (χ1) is 7.63. The average Bonchev–Trinajstić information content (AvgIpc) is 2.29. The van der Waals surface area contributed by atoms with E-state index in [1.807, 2.05) is 0 Å². The largest absolute Gasteiger partial charge is 0.493 e. The number of aromatic carboxylic acids is 1. The van der Waals surface area contributed by atoms with E-state index in [9.17, 15) is 9.59 Å². The molecule has 0 aliphatic carbocycles. The molecule has 0 amide bonds. The highest BCUT2D eigenvalue weighted by atomic mass is 16.5. The zero-order valence-corrected chi connectivity index (χ0v) is 8.80. The lowest BCUT2D eigenvalue weighted by molar-refractivity contribution is -0.141. The van der Waals surface area contributed by atoms with Crippen LogP contribution in [0.1, 0.15) is 16.8 Å². The van der Waals surface area contributed by atoms with Gasteiger partial charge in [-0.05, 0) is 18.2 Å². The van der Waals surface area contributed by atoms with Gasteiger partial charge in [-0.1, -0.05) is 6.07 Å². The number of ether oxygens (including phenoxy) is 2. The molecule has 0 unspecified atom stereocenters.